The molecule has 1 heterocycles. The number of amidine groups is 1. The van der Waals surface area contributed by atoms with E-state index in [1.165, 1.54) is 6.07 Å². The van der Waals surface area contributed by atoms with Gasteiger partial charge in [-0.2, -0.15) is 0 Å². The van der Waals surface area contributed by atoms with Crippen LogP contribution in [0.2, 0.25) is 0 Å². The van der Waals surface area contributed by atoms with E-state index in [0.717, 1.165) is 23.3 Å². The van der Waals surface area contributed by atoms with Crippen LogP contribution in [0.1, 0.15) is 45.6 Å². The van der Waals surface area contributed by atoms with Crippen molar-refractivity contribution in [3.63, 3.8) is 0 Å². The number of hydrogen-bond acceptors (Lipinski definition) is 8. The van der Waals surface area contributed by atoms with E-state index in [2.05, 4.69) is 34.2 Å². The Kier molecular flexibility index (Phi) is 13.9. The van der Waals surface area contributed by atoms with Crippen LogP contribution in [0.5, 0.6) is 5.75 Å². The van der Waals surface area contributed by atoms with Gasteiger partial charge in [-0.05, 0) is 36.8 Å². The molecule has 44 heavy (non-hydrogen) atoms. The molecule has 0 spiro atoms. The third-order valence-corrected chi connectivity index (χ3v) is 5.70. The Labute approximate surface area is 254 Å². The van der Waals surface area contributed by atoms with Gasteiger partial charge in [-0.15, -0.1) is 5.11 Å². The quantitative estimate of drug-likeness (QED) is 0.0844. The van der Waals surface area contributed by atoms with Gasteiger partial charge in [0.15, 0.2) is 22.8 Å². The number of rotatable bonds is 12. The Hall–Kier alpha value is -5.91. The lowest BCUT2D eigenvalue weighted by Gasteiger charge is -2.09. The minimum atomic E-state index is -0.762. The molecule has 0 aliphatic rings. The summed E-state index contributed by atoms with van der Waals surface area (Å²) < 4.78 is 10.4. The van der Waals surface area contributed by atoms with Crippen LogP contribution < -0.4 is 26.1 Å². The van der Waals surface area contributed by atoms with Crippen molar-refractivity contribution in [1.82, 2.24) is 10.6 Å². The van der Waals surface area contributed by atoms with Gasteiger partial charge in [0.2, 0.25) is 5.91 Å². The molecule has 1 aromatic heterocycles. The lowest BCUT2D eigenvalue weighted by Crippen LogP contribution is -2.29. The highest BCUT2D eigenvalue weighted by molar-refractivity contribution is 5.99. The Balaban J connectivity index is 0.000000860. The second-order valence-electron chi connectivity index (χ2n) is 9.00. The minimum Gasteiger partial charge on any atom is -0.497 e. The molecule has 12 heteroatoms. The zero-order chi connectivity index (χ0) is 32.5. The Morgan fingerprint density at radius 3 is 2.23 bits per heavy atom. The molecule has 12 nitrogen and oxygen atoms in total. The van der Waals surface area contributed by atoms with Crippen molar-refractivity contribution in [2.45, 2.75) is 19.9 Å². The largest absolute Gasteiger partial charge is 0.497 e. The Morgan fingerprint density at radius 1 is 1.00 bits per heavy atom. The molecule has 0 radical (unpaired) electrons. The molecule has 0 unspecified atom stereocenters. The zero-order valence-corrected chi connectivity index (χ0v) is 24.4. The van der Waals surface area contributed by atoms with E-state index in [9.17, 15) is 19.2 Å². The highest BCUT2D eigenvalue weighted by Gasteiger charge is 2.16. The van der Waals surface area contributed by atoms with Gasteiger partial charge in [0.25, 0.3) is 11.8 Å². The summed E-state index contributed by atoms with van der Waals surface area (Å²) in [5, 5.41) is 18.3. The van der Waals surface area contributed by atoms with E-state index in [4.69, 9.17) is 20.1 Å². The molecule has 228 valence electrons. The highest BCUT2D eigenvalue weighted by atomic mass is 16.5. The maximum absolute atomic E-state index is 12.4. The summed E-state index contributed by atoms with van der Waals surface area (Å²) in [6.07, 6.45) is 5.36. The monoisotopic (exact) mass is 598 g/mol. The van der Waals surface area contributed by atoms with Crippen LogP contribution in [-0.2, 0) is 11.3 Å². The normalized spacial score (nSPS) is 10.3. The van der Waals surface area contributed by atoms with Gasteiger partial charge in [0, 0.05) is 42.9 Å². The molecule has 0 aliphatic heterocycles. The predicted octanol–water partition coefficient (Wildman–Crippen LogP) is 5.00. The lowest BCUT2D eigenvalue weighted by molar-refractivity contribution is -0.116. The number of hydrogen-bond donors (Lipinski definition) is 5. The van der Waals surface area contributed by atoms with Crippen molar-refractivity contribution in [2.75, 3.05) is 19.0 Å². The second kappa shape index (κ2) is 17.8. The fourth-order valence-corrected chi connectivity index (χ4v) is 3.38. The third kappa shape index (κ3) is 11.5. The number of carbonyl (C=O) groups is 3. The summed E-state index contributed by atoms with van der Waals surface area (Å²) >= 11 is 0. The predicted molar refractivity (Wildman–Crippen MR) is 167 cm³/mol. The van der Waals surface area contributed by atoms with Crippen LogP contribution in [0, 0.1) is 10.9 Å². The van der Waals surface area contributed by atoms with Crippen molar-refractivity contribution in [3.05, 3.63) is 130 Å². The van der Waals surface area contributed by atoms with Crippen LogP contribution in [0.15, 0.2) is 112 Å². The van der Waals surface area contributed by atoms with Crippen molar-refractivity contribution < 1.29 is 23.5 Å². The number of ether oxygens (including phenoxy) is 1. The SMILES string of the molecule is C=C/C=C(/C)C=C.COc1ccc(CNC(=O)c2cc(=O)cc(C(=O)NCCC(=O)Nc3cccc(C(=N)N=N)c3)o2)cc1. The summed E-state index contributed by atoms with van der Waals surface area (Å²) in [7, 11) is 1.55. The average molecular weight is 599 g/mol. The summed E-state index contributed by atoms with van der Waals surface area (Å²) in [6.45, 7) is 9.17. The first-order chi connectivity index (χ1) is 21.1. The molecule has 0 bridgehead atoms. The number of carbonyl (C=O) groups excluding carboxylic acids is 3. The van der Waals surface area contributed by atoms with Crippen LogP contribution in [0.25, 0.3) is 0 Å². The van der Waals surface area contributed by atoms with Gasteiger partial charge in [-0.3, -0.25) is 24.6 Å². The highest BCUT2D eigenvalue weighted by Crippen LogP contribution is 2.13. The van der Waals surface area contributed by atoms with Crippen molar-refractivity contribution in [1.29, 1.82) is 10.9 Å². The third-order valence-electron chi connectivity index (χ3n) is 5.70. The number of amides is 3. The van der Waals surface area contributed by atoms with Gasteiger partial charge >= 0.3 is 0 Å². The van der Waals surface area contributed by atoms with Crippen LogP contribution in [0.3, 0.4) is 0 Å². The zero-order valence-electron chi connectivity index (χ0n) is 24.4. The fraction of sp³-hybridized carbons (Fsp3) is 0.156. The first-order valence-corrected chi connectivity index (χ1v) is 13.2. The number of benzene rings is 2. The Bertz CT molecular complexity index is 1610. The van der Waals surface area contributed by atoms with Crippen molar-refractivity contribution in [3.8, 4) is 5.75 Å². The van der Waals surface area contributed by atoms with Crippen LogP contribution >= 0.6 is 0 Å². The first-order valence-electron chi connectivity index (χ1n) is 13.2. The molecule has 5 N–H and O–H groups in total. The van der Waals surface area contributed by atoms with Crippen LogP contribution in [0.4, 0.5) is 5.69 Å². The van der Waals surface area contributed by atoms with Gasteiger partial charge in [-0.1, -0.05) is 61.2 Å². The molecule has 3 amide bonds. The molecular formula is C32H34N6O6. The molecular weight excluding hydrogens is 564 g/mol. The smallest absolute Gasteiger partial charge is 0.287 e. The molecule has 0 fully saturated rings. The van der Waals surface area contributed by atoms with Crippen LogP contribution in [-0.4, -0.2) is 37.2 Å². The van der Waals surface area contributed by atoms with E-state index in [-0.39, 0.29) is 36.9 Å². The Morgan fingerprint density at radius 2 is 1.66 bits per heavy atom. The average Bonchev–Trinajstić information content (AvgIpc) is 3.03. The second-order valence-corrected chi connectivity index (χ2v) is 9.00. The summed E-state index contributed by atoms with van der Waals surface area (Å²) in [4.78, 5) is 49.1. The molecule has 3 rings (SSSR count). The number of methoxy groups -OCH3 is 1. The minimum absolute atomic E-state index is 0.0696. The molecule has 0 atom stereocenters. The number of anilines is 1. The molecule has 0 saturated heterocycles. The fourth-order valence-electron chi connectivity index (χ4n) is 3.38. The van der Waals surface area contributed by atoms with Gasteiger partial charge < -0.3 is 25.1 Å². The molecule has 0 aliphatic carbocycles. The summed E-state index contributed by atoms with van der Waals surface area (Å²) in [5.74, 6) is -2.12. The molecule has 0 saturated carbocycles. The molecule has 2 aromatic carbocycles. The van der Waals surface area contributed by atoms with Gasteiger partial charge in [0.1, 0.15) is 5.75 Å². The topological polar surface area (TPSA) is 187 Å². The van der Waals surface area contributed by atoms with Gasteiger partial charge in [0.05, 0.1) is 7.11 Å². The van der Waals surface area contributed by atoms with E-state index < -0.39 is 23.2 Å². The molecule has 3 aromatic rings. The number of allylic oxidation sites excluding steroid dienone is 4. The summed E-state index contributed by atoms with van der Waals surface area (Å²) in [6, 6.07) is 15.2. The number of nitrogens with one attached hydrogen (secondary N) is 5. The standard InChI is InChI=1S/C25H24N6O6.C7H10/c1-36-19-7-5-15(6-8-19)14-29-25(35)21-13-18(32)12-20(37-21)24(34)28-10-9-22(33)30-17-4-2-3-16(11-17)23(26)31-27;1-4-6-7(3)5-2/h2-8,11-13,26-27H,9-10,14H2,1H3,(H,28,34)(H,29,35)(H,30,33);4-6H,1-2H2,3H3/b;7-6-. The van der Waals surface area contributed by atoms with Crippen molar-refractivity contribution in [2.24, 2.45) is 5.11 Å². The maximum Gasteiger partial charge on any atom is 0.287 e. The van der Waals surface area contributed by atoms with E-state index in [1.54, 1.807) is 61.7 Å². The van der Waals surface area contributed by atoms with E-state index in [1.807, 2.05) is 13.0 Å². The summed E-state index contributed by atoms with van der Waals surface area (Å²) in [5.41, 5.74) is 9.02. The lowest BCUT2D eigenvalue weighted by atomic mass is 10.2. The van der Waals surface area contributed by atoms with E-state index >= 15 is 0 Å². The van der Waals surface area contributed by atoms with E-state index in [0.29, 0.717) is 17.0 Å². The maximum atomic E-state index is 12.4. The first kappa shape index (κ1) is 34.3. The van der Waals surface area contributed by atoms with Gasteiger partial charge in [-0.25, -0.2) is 5.53 Å². The number of nitrogens with zero attached hydrogens (tertiary/aromatic N) is 1. The van der Waals surface area contributed by atoms with Crippen molar-refractivity contribution >= 4 is 29.2 Å².